The lowest BCUT2D eigenvalue weighted by atomic mass is 10.1. The van der Waals surface area contributed by atoms with Crippen LogP contribution in [0, 0.1) is 0 Å². The standard InChI is InChI=1S/C13H9N3O2/c17-13(18)9-6-14-12-10(9)11(15-7-16-12)8-4-2-1-3-5-8/h1-7H,(H,17,18)(H,14,15,16). The van der Waals surface area contributed by atoms with Crippen molar-refractivity contribution in [2.45, 2.75) is 0 Å². The van der Waals surface area contributed by atoms with Crippen LogP contribution in [0.1, 0.15) is 10.4 Å². The van der Waals surface area contributed by atoms with E-state index in [9.17, 15) is 4.79 Å². The van der Waals surface area contributed by atoms with Gasteiger partial charge in [0.1, 0.15) is 12.0 Å². The fourth-order valence-corrected chi connectivity index (χ4v) is 1.95. The van der Waals surface area contributed by atoms with Crippen molar-refractivity contribution in [2.75, 3.05) is 0 Å². The quantitative estimate of drug-likeness (QED) is 0.719. The predicted octanol–water partition coefficient (Wildman–Crippen LogP) is 2.32. The minimum atomic E-state index is -0.992. The maximum Gasteiger partial charge on any atom is 0.338 e. The molecule has 0 spiro atoms. The molecule has 0 unspecified atom stereocenters. The highest BCUT2D eigenvalue weighted by atomic mass is 16.4. The van der Waals surface area contributed by atoms with Crippen molar-refractivity contribution in [3.63, 3.8) is 0 Å². The zero-order chi connectivity index (χ0) is 12.5. The summed E-state index contributed by atoms with van der Waals surface area (Å²) in [6.07, 6.45) is 2.86. The third-order valence-corrected chi connectivity index (χ3v) is 2.75. The molecule has 0 aliphatic rings. The molecule has 0 saturated carbocycles. The first-order valence-electron chi connectivity index (χ1n) is 5.38. The molecular formula is C13H9N3O2. The molecule has 1 aromatic carbocycles. The van der Waals surface area contributed by atoms with Crippen LogP contribution in [-0.2, 0) is 0 Å². The van der Waals surface area contributed by atoms with E-state index in [2.05, 4.69) is 15.0 Å². The van der Waals surface area contributed by atoms with Gasteiger partial charge in [0, 0.05) is 11.8 Å². The first-order valence-corrected chi connectivity index (χ1v) is 5.38. The highest BCUT2D eigenvalue weighted by Gasteiger charge is 2.16. The molecule has 0 radical (unpaired) electrons. The fourth-order valence-electron chi connectivity index (χ4n) is 1.95. The molecule has 0 saturated heterocycles. The number of carboxylic acids is 1. The van der Waals surface area contributed by atoms with Crippen LogP contribution in [0.5, 0.6) is 0 Å². The average Bonchev–Trinajstić information content (AvgIpc) is 2.83. The van der Waals surface area contributed by atoms with Gasteiger partial charge < -0.3 is 10.1 Å². The number of aromatic nitrogens is 3. The van der Waals surface area contributed by atoms with Crippen LogP contribution >= 0.6 is 0 Å². The van der Waals surface area contributed by atoms with Gasteiger partial charge in [-0.1, -0.05) is 30.3 Å². The van der Waals surface area contributed by atoms with Gasteiger partial charge in [-0.2, -0.15) is 0 Å². The Balaban J connectivity index is 2.36. The number of carboxylic acid groups (broad SMARTS) is 1. The largest absolute Gasteiger partial charge is 0.478 e. The second-order valence-corrected chi connectivity index (χ2v) is 3.82. The molecule has 88 valence electrons. The van der Waals surface area contributed by atoms with Gasteiger partial charge in [-0.25, -0.2) is 14.8 Å². The summed E-state index contributed by atoms with van der Waals surface area (Å²) in [4.78, 5) is 22.3. The summed E-state index contributed by atoms with van der Waals surface area (Å²) in [7, 11) is 0. The van der Waals surface area contributed by atoms with Gasteiger partial charge in [-0.3, -0.25) is 0 Å². The van der Waals surface area contributed by atoms with Crippen molar-refractivity contribution < 1.29 is 9.90 Å². The average molecular weight is 239 g/mol. The number of hydrogen-bond donors (Lipinski definition) is 2. The van der Waals surface area contributed by atoms with Crippen LogP contribution in [0.25, 0.3) is 22.3 Å². The summed E-state index contributed by atoms with van der Waals surface area (Å²) >= 11 is 0. The first kappa shape index (κ1) is 10.5. The number of rotatable bonds is 2. The molecule has 5 nitrogen and oxygen atoms in total. The van der Waals surface area contributed by atoms with E-state index in [0.717, 1.165) is 5.56 Å². The normalized spacial score (nSPS) is 10.7. The fraction of sp³-hybridized carbons (Fsp3) is 0. The van der Waals surface area contributed by atoms with E-state index in [1.54, 1.807) is 0 Å². The lowest BCUT2D eigenvalue weighted by Crippen LogP contribution is -1.96. The molecule has 3 aromatic rings. The summed E-state index contributed by atoms with van der Waals surface area (Å²) in [5, 5.41) is 9.71. The summed E-state index contributed by atoms with van der Waals surface area (Å²) in [6, 6.07) is 9.45. The van der Waals surface area contributed by atoms with Gasteiger partial charge in [-0.15, -0.1) is 0 Å². The Morgan fingerprint density at radius 2 is 1.94 bits per heavy atom. The summed E-state index contributed by atoms with van der Waals surface area (Å²) in [5.41, 5.74) is 2.21. The van der Waals surface area contributed by atoms with Crippen molar-refractivity contribution in [3.8, 4) is 11.3 Å². The number of hydrogen-bond acceptors (Lipinski definition) is 3. The minimum Gasteiger partial charge on any atom is -0.478 e. The van der Waals surface area contributed by atoms with E-state index in [4.69, 9.17) is 5.11 Å². The van der Waals surface area contributed by atoms with Crippen LogP contribution < -0.4 is 0 Å². The SMILES string of the molecule is O=C(O)c1c[nH]c2ncnc(-c3ccccc3)c12. The number of nitrogens with one attached hydrogen (secondary N) is 1. The predicted molar refractivity (Wildman–Crippen MR) is 66.3 cm³/mol. The second-order valence-electron chi connectivity index (χ2n) is 3.82. The van der Waals surface area contributed by atoms with Crippen LogP contribution in [-0.4, -0.2) is 26.0 Å². The van der Waals surface area contributed by atoms with Crippen LogP contribution in [0.3, 0.4) is 0 Å². The number of fused-ring (bicyclic) bond motifs is 1. The lowest BCUT2D eigenvalue weighted by molar-refractivity contribution is 0.0699. The Bertz CT molecular complexity index is 719. The van der Waals surface area contributed by atoms with Crippen molar-refractivity contribution in [3.05, 3.63) is 48.4 Å². The Kier molecular flexibility index (Phi) is 2.30. The van der Waals surface area contributed by atoms with Crippen molar-refractivity contribution in [1.82, 2.24) is 15.0 Å². The van der Waals surface area contributed by atoms with E-state index < -0.39 is 5.97 Å². The molecular weight excluding hydrogens is 230 g/mol. The number of carbonyl (C=O) groups is 1. The molecule has 0 atom stereocenters. The Labute approximate surface area is 102 Å². The van der Waals surface area contributed by atoms with Crippen LogP contribution in [0.2, 0.25) is 0 Å². The van der Waals surface area contributed by atoms with Gasteiger partial charge in [-0.05, 0) is 0 Å². The van der Waals surface area contributed by atoms with Crippen molar-refractivity contribution in [2.24, 2.45) is 0 Å². The molecule has 3 rings (SSSR count). The summed E-state index contributed by atoms with van der Waals surface area (Å²) in [6.45, 7) is 0. The zero-order valence-corrected chi connectivity index (χ0v) is 9.29. The molecule has 18 heavy (non-hydrogen) atoms. The molecule has 0 bridgehead atoms. The van der Waals surface area contributed by atoms with E-state index >= 15 is 0 Å². The van der Waals surface area contributed by atoms with E-state index in [1.807, 2.05) is 30.3 Å². The van der Waals surface area contributed by atoms with Gasteiger partial charge in [0.15, 0.2) is 0 Å². The number of aromatic amines is 1. The monoisotopic (exact) mass is 239 g/mol. The molecule has 2 aromatic heterocycles. The van der Waals surface area contributed by atoms with Gasteiger partial charge in [0.2, 0.25) is 0 Å². The summed E-state index contributed by atoms with van der Waals surface area (Å²) < 4.78 is 0. The number of benzene rings is 1. The molecule has 0 aliphatic heterocycles. The maximum atomic E-state index is 11.2. The number of H-pyrrole nitrogens is 1. The van der Waals surface area contributed by atoms with E-state index in [0.29, 0.717) is 16.7 Å². The molecule has 0 amide bonds. The highest BCUT2D eigenvalue weighted by molar-refractivity contribution is 6.07. The Morgan fingerprint density at radius 3 is 2.67 bits per heavy atom. The smallest absolute Gasteiger partial charge is 0.338 e. The molecule has 0 aliphatic carbocycles. The van der Waals surface area contributed by atoms with Crippen LogP contribution in [0.4, 0.5) is 0 Å². The zero-order valence-electron chi connectivity index (χ0n) is 9.29. The molecule has 0 fully saturated rings. The van der Waals surface area contributed by atoms with Crippen molar-refractivity contribution >= 4 is 17.0 Å². The minimum absolute atomic E-state index is 0.185. The van der Waals surface area contributed by atoms with Gasteiger partial charge in [0.05, 0.1) is 16.6 Å². The third-order valence-electron chi connectivity index (χ3n) is 2.75. The van der Waals surface area contributed by atoms with Crippen LogP contribution in [0.15, 0.2) is 42.9 Å². The Morgan fingerprint density at radius 1 is 1.17 bits per heavy atom. The topological polar surface area (TPSA) is 78.9 Å². The third kappa shape index (κ3) is 1.53. The Hall–Kier alpha value is -2.69. The highest BCUT2D eigenvalue weighted by Crippen LogP contribution is 2.27. The van der Waals surface area contributed by atoms with Crippen molar-refractivity contribution in [1.29, 1.82) is 0 Å². The lowest BCUT2D eigenvalue weighted by Gasteiger charge is -2.02. The number of aromatic carboxylic acids is 1. The molecule has 5 heteroatoms. The summed E-state index contributed by atoms with van der Waals surface area (Å²) in [5.74, 6) is -0.992. The first-order chi connectivity index (χ1) is 8.77. The van der Waals surface area contributed by atoms with Gasteiger partial charge in [0.25, 0.3) is 0 Å². The number of nitrogens with zero attached hydrogens (tertiary/aromatic N) is 2. The second kappa shape index (κ2) is 3.96. The van der Waals surface area contributed by atoms with Gasteiger partial charge >= 0.3 is 5.97 Å². The maximum absolute atomic E-state index is 11.2. The van der Waals surface area contributed by atoms with E-state index in [-0.39, 0.29) is 5.56 Å². The van der Waals surface area contributed by atoms with E-state index in [1.165, 1.54) is 12.5 Å². The molecule has 2 heterocycles. The molecule has 2 N–H and O–H groups in total.